The monoisotopic (exact) mass is 210 g/mol. The quantitative estimate of drug-likeness (QED) is 0.506. The van der Waals surface area contributed by atoms with Crippen LogP contribution in [0.2, 0.25) is 0 Å². The van der Waals surface area contributed by atoms with E-state index in [1.54, 1.807) is 12.2 Å². The van der Waals surface area contributed by atoms with Crippen LogP contribution in [0.15, 0.2) is 49.6 Å². The molecule has 0 aliphatic carbocycles. The van der Waals surface area contributed by atoms with Crippen LogP contribution in [0, 0.1) is 0 Å². The normalized spacial score (nSPS) is 7.47. The van der Waals surface area contributed by atoms with Crippen LogP contribution in [-0.2, 0) is 0 Å². The highest BCUT2D eigenvalue weighted by atomic mass is 13.8. The van der Waals surface area contributed by atoms with Crippen LogP contribution in [0.25, 0.3) is 0 Å². The summed E-state index contributed by atoms with van der Waals surface area (Å²) in [6.45, 7) is 22.5. The molecular weight excluding hydrogens is 180 g/mol. The van der Waals surface area contributed by atoms with Gasteiger partial charge in [0, 0.05) is 0 Å². The number of allylic oxidation sites excluding steroid dienone is 5. The van der Waals surface area contributed by atoms with Gasteiger partial charge in [0.05, 0.1) is 0 Å². The summed E-state index contributed by atoms with van der Waals surface area (Å²) in [6, 6.07) is 0. The van der Waals surface area contributed by atoms with Crippen LogP contribution < -0.4 is 0 Å². The minimum Gasteiger partial charge on any atom is -0.0991 e. The van der Waals surface area contributed by atoms with E-state index < -0.39 is 0 Å². The fourth-order valence-corrected chi connectivity index (χ4v) is 0.405. The number of hydrogen-bond donors (Lipinski definition) is 0. The standard InChI is InChI=1S/C7H12.C4H6.2C2H6/c1-4-6-7(3)5-2;1-3-4-2;2*1-2/h5-6H,2,4H2,1,3H3;3-4H,1-2H2;2*1-2H3/b7-6-;;;. The van der Waals surface area contributed by atoms with Crippen molar-refractivity contribution < 1.29 is 0 Å². The lowest BCUT2D eigenvalue weighted by Gasteiger charge is -1.83. The van der Waals surface area contributed by atoms with Gasteiger partial charge >= 0.3 is 0 Å². The van der Waals surface area contributed by atoms with E-state index in [0.29, 0.717) is 0 Å². The molecule has 0 rings (SSSR count). The van der Waals surface area contributed by atoms with E-state index in [2.05, 4.69) is 39.7 Å². The van der Waals surface area contributed by atoms with Gasteiger partial charge in [0.1, 0.15) is 0 Å². The second-order valence-corrected chi connectivity index (χ2v) is 2.03. The van der Waals surface area contributed by atoms with E-state index in [9.17, 15) is 0 Å². The molecule has 0 aliphatic heterocycles. The molecule has 0 atom stereocenters. The van der Waals surface area contributed by atoms with Crippen molar-refractivity contribution in [3.63, 3.8) is 0 Å². The van der Waals surface area contributed by atoms with Gasteiger partial charge in [0.15, 0.2) is 0 Å². The Morgan fingerprint density at radius 2 is 1.27 bits per heavy atom. The molecule has 0 saturated carbocycles. The molecular formula is C15H30. The van der Waals surface area contributed by atoms with E-state index >= 15 is 0 Å². The Hall–Kier alpha value is -1.04. The zero-order valence-electron chi connectivity index (χ0n) is 11.6. The fourth-order valence-electron chi connectivity index (χ4n) is 0.405. The zero-order valence-corrected chi connectivity index (χ0v) is 11.6. The smallest absolute Gasteiger partial charge is 0.0374 e. The van der Waals surface area contributed by atoms with Gasteiger partial charge in [-0.2, -0.15) is 0 Å². The lowest BCUT2D eigenvalue weighted by atomic mass is 10.2. The molecule has 0 unspecified atom stereocenters. The Balaban J connectivity index is -0.0000000647. The van der Waals surface area contributed by atoms with Crippen molar-refractivity contribution >= 4 is 0 Å². The number of rotatable bonds is 3. The van der Waals surface area contributed by atoms with E-state index in [4.69, 9.17) is 0 Å². The Labute approximate surface area is 98.1 Å². The van der Waals surface area contributed by atoms with Gasteiger partial charge in [0.2, 0.25) is 0 Å². The van der Waals surface area contributed by atoms with Gasteiger partial charge in [-0.05, 0) is 13.3 Å². The number of hydrogen-bond acceptors (Lipinski definition) is 0. The van der Waals surface area contributed by atoms with Crippen LogP contribution in [-0.4, -0.2) is 0 Å². The topological polar surface area (TPSA) is 0 Å². The first-order chi connectivity index (χ1) is 7.22. The van der Waals surface area contributed by atoms with Gasteiger partial charge in [-0.25, -0.2) is 0 Å². The lowest BCUT2D eigenvalue weighted by Crippen LogP contribution is -1.62. The van der Waals surface area contributed by atoms with Crippen molar-refractivity contribution in [3.8, 4) is 0 Å². The van der Waals surface area contributed by atoms with Crippen molar-refractivity contribution in [2.75, 3.05) is 0 Å². The molecule has 0 bridgehead atoms. The molecule has 0 N–H and O–H groups in total. The zero-order chi connectivity index (χ0) is 13.1. The third-order valence-corrected chi connectivity index (χ3v) is 1.01. The van der Waals surface area contributed by atoms with Crippen LogP contribution in [0.5, 0.6) is 0 Å². The summed E-state index contributed by atoms with van der Waals surface area (Å²) in [5, 5.41) is 0. The minimum atomic E-state index is 1.11. The maximum atomic E-state index is 3.61. The first-order valence-electron chi connectivity index (χ1n) is 5.75. The van der Waals surface area contributed by atoms with Crippen LogP contribution >= 0.6 is 0 Å². The van der Waals surface area contributed by atoms with E-state index in [1.807, 2.05) is 33.8 Å². The molecule has 0 radical (unpaired) electrons. The van der Waals surface area contributed by atoms with Gasteiger partial charge in [-0.1, -0.05) is 84.2 Å². The predicted molar refractivity (Wildman–Crippen MR) is 77.3 cm³/mol. The third kappa shape index (κ3) is 63.3. The van der Waals surface area contributed by atoms with Crippen LogP contribution in [0.4, 0.5) is 0 Å². The van der Waals surface area contributed by atoms with Crippen molar-refractivity contribution in [1.29, 1.82) is 0 Å². The molecule has 0 spiro atoms. The predicted octanol–water partition coefficient (Wildman–Crippen LogP) is 5.94. The molecule has 15 heavy (non-hydrogen) atoms. The Kier molecular flexibility index (Phi) is 60.3. The largest absolute Gasteiger partial charge is 0.0991 e. The van der Waals surface area contributed by atoms with Crippen molar-refractivity contribution in [2.45, 2.75) is 48.0 Å². The highest BCUT2D eigenvalue weighted by Crippen LogP contribution is 1.92. The van der Waals surface area contributed by atoms with Crippen LogP contribution in [0.1, 0.15) is 48.0 Å². The second kappa shape index (κ2) is 38.3. The molecule has 0 heteroatoms. The summed E-state index contributed by atoms with van der Waals surface area (Å²) in [6.07, 6.45) is 8.40. The second-order valence-electron chi connectivity index (χ2n) is 2.03. The molecule has 0 fully saturated rings. The maximum absolute atomic E-state index is 3.61. The molecule has 0 aliphatic rings. The first kappa shape index (κ1) is 23.6. The molecule has 0 amide bonds. The summed E-state index contributed by atoms with van der Waals surface area (Å²) in [5.41, 5.74) is 1.27. The van der Waals surface area contributed by atoms with E-state index in [1.165, 1.54) is 5.57 Å². The molecule has 0 saturated heterocycles. The Morgan fingerprint density at radius 3 is 1.33 bits per heavy atom. The minimum absolute atomic E-state index is 1.11. The molecule has 0 aromatic heterocycles. The highest BCUT2D eigenvalue weighted by Gasteiger charge is 1.71. The lowest BCUT2D eigenvalue weighted by molar-refractivity contribution is 1.20. The fraction of sp³-hybridized carbons (Fsp3) is 0.467. The summed E-state index contributed by atoms with van der Waals surface area (Å²) >= 11 is 0. The maximum Gasteiger partial charge on any atom is -0.0374 e. The molecule has 0 aromatic rings. The van der Waals surface area contributed by atoms with Crippen molar-refractivity contribution in [3.05, 3.63) is 49.6 Å². The van der Waals surface area contributed by atoms with E-state index in [0.717, 1.165) is 6.42 Å². The SMILES string of the molecule is C=C/C(C)=C\CC.C=CC=C.CC.CC. The van der Waals surface area contributed by atoms with Gasteiger partial charge in [0.25, 0.3) is 0 Å². The molecule has 0 heterocycles. The molecule has 0 nitrogen and oxygen atoms in total. The van der Waals surface area contributed by atoms with Gasteiger partial charge in [-0.15, -0.1) is 0 Å². The summed E-state index contributed by atoms with van der Waals surface area (Å²) in [7, 11) is 0. The third-order valence-electron chi connectivity index (χ3n) is 1.01. The molecule has 90 valence electrons. The summed E-state index contributed by atoms with van der Waals surface area (Å²) in [4.78, 5) is 0. The van der Waals surface area contributed by atoms with E-state index in [-0.39, 0.29) is 0 Å². The summed E-state index contributed by atoms with van der Waals surface area (Å²) < 4.78 is 0. The van der Waals surface area contributed by atoms with Crippen molar-refractivity contribution in [1.82, 2.24) is 0 Å². The Morgan fingerprint density at radius 1 is 0.933 bits per heavy atom. The van der Waals surface area contributed by atoms with Gasteiger partial charge < -0.3 is 0 Å². The Bertz CT molecular complexity index is 132. The first-order valence-corrected chi connectivity index (χ1v) is 5.75. The average molecular weight is 210 g/mol. The summed E-state index contributed by atoms with van der Waals surface area (Å²) in [5.74, 6) is 0. The van der Waals surface area contributed by atoms with Crippen LogP contribution in [0.3, 0.4) is 0 Å². The molecule has 0 aromatic carbocycles. The van der Waals surface area contributed by atoms with Gasteiger partial charge in [-0.3, -0.25) is 0 Å². The average Bonchev–Trinajstić information content (AvgIpc) is 2.34. The van der Waals surface area contributed by atoms with Crippen molar-refractivity contribution in [2.24, 2.45) is 0 Å². The highest BCUT2D eigenvalue weighted by molar-refractivity contribution is 5.11.